The number of aryl methyl sites for hydroxylation is 1. The van der Waals surface area contributed by atoms with Gasteiger partial charge in [0.05, 0.1) is 0 Å². The molecule has 1 heteroatoms. The highest BCUT2D eigenvalue weighted by Crippen LogP contribution is 2.22. The Bertz CT molecular complexity index is 485. The van der Waals surface area contributed by atoms with Crippen LogP contribution in [0.15, 0.2) is 30.4 Å². The highest BCUT2D eigenvalue weighted by atomic mass is 16.1. The predicted octanol–water partition coefficient (Wildman–Crippen LogP) is 5.97. The molecule has 122 valence electrons. The van der Waals surface area contributed by atoms with Crippen molar-refractivity contribution in [1.82, 2.24) is 0 Å². The lowest BCUT2D eigenvalue weighted by Gasteiger charge is -2.17. The predicted molar refractivity (Wildman–Crippen MR) is 96.3 cm³/mol. The second-order valence-corrected chi connectivity index (χ2v) is 6.50. The van der Waals surface area contributed by atoms with E-state index < -0.39 is 0 Å². The Hall–Kier alpha value is -1.37. The molecule has 1 aromatic carbocycles. The monoisotopic (exact) mass is 300 g/mol. The van der Waals surface area contributed by atoms with E-state index in [0.717, 1.165) is 12.3 Å². The van der Waals surface area contributed by atoms with Crippen molar-refractivity contribution in [2.24, 2.45) is 5.92 Å². The van der Waals surface area contributed by atoms with Crippen LogP contribution in [0, 0.1) is 19.8 Å². The van der Waals surface area contributed by atoms with Gasteiger partial charge in [0.1, 0.15) is 5.78 Å². The molecule has 1 atom stereocenters. The molecule has 0 aliphatic heterocycles. The number of ketones is 1. The highest BCUT2D eigenvalue weighted by Gasteiger charge is 2.09. The van der Waals surface area contributed by atoms with Gasteiger partial charge >= 0.3 is 0 Å². The Morgan fingerprint density at radius 3 is 2.64 bits per heavy atom. The lowest BCUT2D eigenvalue weighted by Crippen LogP contribution is -2.05. The van der Waals surface area contributed by atoms with Gasteiger partial charge in [-0.3, -0.25) is 4.79 Å². The lowest BCUT2D eigenvalue weighted by atomic mass is 9.89. The number of carbonyl (C=O) groups is 1. The molecule has 0 aliphatic carbocycles. The third-order valence-electron chi connectivity index (χ3n) is 4.61. The molecule has 0 saturated heterocycles. The van der Waals surface area contributed by atoms with E-state index in [2.05, 4.69) is 45.0 Å². The normalized spacial score (nSPS) is 12.7. The Morgan fingerprint density at radius 2 is 1.95 bits per heavy atom. The first-order valence-corrected chi connectivity index (χ1v) is 8.74. The molecule has 0 bridgehead atoms. The molecule has 0 fully saturated rings. The van der Waals surface area contributed by atoms with Gasteiger partial charge in [-0.05, 0) is 62.6 Å². The molecule has 22 heavy (non-hydrogen) atoms. The van der Waals surface area contributed by atoms with Gasteiger partial charge in [-0.2, -0.15) is 0 Å². The maximum atomic E-state index is 10.8. The van der Waals surface area contributed by atoms with Gasteiger partial charge in [-0.1, -0.05) is 56.5 Å². The van der Waals surface area contributed by atoms with E-state index in [0.29, 0.717) is 6.42 Å². The van der Waals surface area contributed by atoms with Crippen LogP contribution >= 0.6 is 0 Å². The van der Waals surface area contributed by atoms with Crippen molar-refractivity contribution in [2.75, 3.05) is 0 Å². The molecule has 1 unspecified atom stereocenters. The van der Waals surface area contributed by atoms with Crippen LogP contribution in [0.1, 0.15) is 69.1 Å². The summed E-state index contributed by atoms with van der Waals surface area (Å²) in [6, 6.07) is 6.67. The van der Waals surface area contributed by atoms with Crippen LogP contribution in [0.4, 0.5) is 0 Å². The van der Waals surface area contributed by atoms with Crippen LogP contribution < -0.4 is 0 Å². The number of Topliss-reactive ketones (excluding diaryl/α,β-unsaturated/α-hetero) is 1. The number of hydrogen-bond donors (Lipinski definition) is 0. The van der Waals surface area contributed by atoms with Gasteiger partial charge in [0.15, 0.2) is 0 Å². The summed E-state index contributed by atoms with van der Waals surface area (Å²) in [5.41, 5.74) is 4.39. The molecule has 0 spiro atoms. The van der Waals surface area contributed by atoms with E-state index >= 15 is 0 Å². The number of benzene rings is 1. The second-order valence-electron chi connectivity index (χ2n) is 6.50. The van der Waals surface area contributed by atoms with Crippen molar-refractivity contribution in [3.8, 4) is 0 Å². The van der Waals surface area contributed by atoms with Gasteiger partial charge in [-0.25, -0.2) is 0 Å². The maximum absolute atomic E-state index is 10.8. The van der Waals surface area contributed by atoms with Crippen molar-refractivity contribution in [2.45, 2.75) is 72.6 Å². The zero-order valence-corrected chi connectivity index (χ0v) is 14.8. The van der Waals surface area contributed by atoms with Crippen molar-refractivity contribution >= 4 is 5.78 Å². The minimum Gasteiger partial charge on any atom is -0.300 e. The second kappa shape index (κ2) is 10.4. The van der Waals surface area contributed by atoms with Crippen LogP contribution in [0.3, 0.4) is 0 Å². The first kappa shape index (κ1) is 18.7. The standard InChI is InChI=1S/C21H32O/c1-5-20(14-10-8-6-7-9-13-18(3)22)16-21-15-11-12-17(2)19(21)4/h7,9,11-12,15,20H,5-6,8,10,13-14,16H2,1-4H3. The molecule has 0 saturated carbocycles. The average molecular weight is 300 g/mol. The Balaban J connectivity index is 2.32. The molecule has 1 aromatic rings. The van der Waals surface area contributed by atoms with Crippen molar-refractivity contribution in [3.63, 3.8) is 0 Å². The molecule has 0 radical (unpaired) electrons. The molecule has 1 nitrogen and oxygen atoms in total. The average Bonchev–Trinajstić information content (AvgIpc) is 2.49. The van der Waals surface area contributed by atoms with Crippen LogP contribution in [-0.2, 0) is 11.2 Å². The SMILES string of the molecule is CCC(CCCCC=CCC(C)=O)Cc1cccc(C)c1C. The minimum absolute atomic E-state index is 0.246. The fourth-order valence-electron chi connectivity index (χ4n) is 2.86. The molecule has 1 rings (SSSR count). The first-order valence-electron chi connectivity index (χ1n) is 8.74. The van der Waals surface area contributed by atoms with E-state index in [1.807, 2.05) is 6.08 Å². The summed E-state index contributed by atoms with van der Waals surface area (Å²) >= 11 is 0. The third-order valence-corrected chi connectivity index (χ3v) is 4.61. The topological polar surface area (TPSA) is 17.1 Å². The molecule has 0 aliphatic rings. The zero-order valence-electron chi connectivity index (χ0n) is 14.8. The van der Waals surface area contributed by atoms with Gasteiger partial charge in [0.2, 0.25) is 0 Å². The third kappa shape index (κ3) is 7.06. The van der Waals surface area contributed by atoms with Gasteiger partial charge in [0, 0.05) is 6.42 Å². The van der Waals surface area contributed by atoms with Crippen molar-refractivity contribution in [1.29, 1.82) is 0 Å². The highest BCUT2D eigenvalue weighted by molar-refractivity contribution is 5.76. The van der Waals surface area contributed by atoms with E-state index in [-0.39, 0.29) is 5.78 Å². The van der Waals surface area contributed by atoms with Crippen LogP contribution in [-0.4, -0.2) is 5.78 Å². The summed E-state index contributed by atoms with van der Waals surface area (Å²) < 4.78 is 0. The van der Waals surface area contributed by atoms with Crippen LogP contribution in [0.2, 0.25) is 0 Å². The summed E-state index contributed by atoms with van der Waals surface area (Å²) in [4.78, 5) is 10.8. The molecular formula is C21H32O. The fourth-order valence-corrected chi connectivity index (χ4v) is 2.86. The Kier molecular flexibility index (Phi) is 8.81. The smallest absolute Gasteiger partial charge is 0.133 e. The summed E-state index contributed by atoms with van der Waals surface area (Å²) in [6.45, 7) is 8.40. The zero-order chi connectivity index (χ0) is 16.4. The van der Waals surface area contributed by atoms with E-state index in [1.54, 1.807) is 6.92 Å². The van der Waals surface area contributed by atoms with Crippen LogP contribution in [0.25, 0.3) is 0 Å². The Labute approximate surface area is 136 Å². The summed E-state index contributed by atoms with van der Waals surface area (Å²) in [5.74, 6) is 1.04. The molecule has 0 heterocycles. The fraction of sp³-hybridized carbons (Fsp3) is 0.571. The van der Waals surface area contributed by atoms with Crippen LogP contribution in [0.5, 0.6) is 0 Å². The van der Waals surface area contributed by atoms with Crippen molar-refractivity contribution in [3.05, 3.63) is 47.0 Å². The molecule has 0 amide bonds. The quantitative estimate of drug-likeness (QED) is 0.384. The number of hydrogen-bond acceptors (Lipinski definition) is 1. The Morgan fingerprint density at radius 1 is 1.18 bits per heavy atom. The largest absolute Gasteiger partial charge is 0.300 e. The van der Waals surface area contributed by atoms with E-state index in [9.17, 15) is 4.79 Å². The number of carbonyl (C=O) groups excluding carboxylic acids is 1. The summed E-state index contributed by atoms with van der Waals surface area (Å²) in [6.07, 6.45) is 12.2. The minimum atomic E-state index is 0.246. The number of rotatable bonds is 10. The van der Waals surface area contributed by atoms with Gasteiger partial charge < -0.3 is 0 Å². The molecule has 0 aromatic heterocycles. The summed E-state index contributed by atoms with van der Waals surface area (Å²) in [7, 11) is 0. The molecular weight excluding hydrogens is 268 g/mol. The summed E-state index contributed by atoms with van der Waals surface area (Å²) in [5, 5.41) is 0. The first-order chi connectivity index (χ1) is 10.5. The maximum Gasteiger partial charge on any atom is 0.133 e. The van der Waals surface area contributed by atoms with Crippen molar-refractivity contribution < 1.29 is 4.79 Å². The lowest BCUT2D eigenvalue weighted by molar-refractivity contribution is -0.116. The van der Waals surface area contributed by atoms with E-state index in [1.165, 1.54) is 48.8 Å². The molecule has 0 N–H and O–H groups in total. The van der Waals surface area contributed by atoms with E-state index in [4.69, 9.17) is 0 Å². The van der Waals surface area contributed by atoms with Gasteiger partial charge in [-0.15, -0.1) is 0 Å². The van der Waals surface area contributed by atoms with Gasteiger partial charge in [0.25, 0.3) is 0 Å². The number of allylic oxidation sites excluding steroid dienone is 2. The number of unbranched alkanes of at least 4 members (excludes halogenated alkanes) is 2.